The number of nitrogens with one attached hydrogen (secondary N) is 2. The third-order valence-corrected chi connectivity index (χ3v) is 5.16. The van der Waals surface area contributed by atoms with E-state index in [1.54, 1.807) is 0 Å². The minimum Gasteiger partial charge on any atom is -0.373 e. The highest BCUT2D eigenvalue weighted by molar-refractivity contribution is 14.0. The fourth-order valence-electron chi connectivity index (χ4n) is 2.33. The number of hydrogen-bond donors (Lipinski definition) is 2. The van der Waals surface area contributed by atoms with Gasteiger partial charge in [-0.25, -0.2) is 8.42 Å². The molecule has 25 heavy (non-hydrogen) atoms. The highest BCUT2D eigenvalue weighted by atomic mass is 127. The molecule has 2 atom stereocenters. The van der Waals surface area contributed by atoms with Gasteiger partial charge in [0, 0.05) is 33.2 Å². The lowest BCUT2D eigenvalue weighted by Gasteiger charge is -2.34. The van der Waals surface area contributed by atoms with E-state index >= 15 is 0 Å². The lowest BCUT2D eigenvalue weighted by atomic mass is 10.3. The van der Waals surface area contributed by atoms with Crippen molar-refractivity contribution in [2.75, 3.05) is 39.0 Å². The molecule has 0 amide bonds. The van der Waals surface area contributed by atoms with Gasteiger partial charge in [0.1, 0.15) is 0 Å². The molecule has 0 aliphatic carbocycles. The molecule has 2 unspecified atom stereocenters. The van der Waals surface area contributed by atoms with Gasteiger partial charge in [-0.3, -0.25) is 4.99 Å². The Morgan fingerprint density at radius 2 is 1.72 bits per heavy atom. The maximum absolute atomic E-state index is 12.3. The fraction of sp³-hybridized carbons (Fsp3) is 0.923. The van der Waals surface area contributed by atoms with Crippen molar-refractivity contribution >= 4 is 40.0 Å². The Balaban J connectivity index is 0.00000576. The van der Waals surface area contributed by atoms with E-state index in [0.717, 1.165) is 0 Å². The number of guanidine groups is 1. The van der Waals surface area contributed by atoms with Crippen LogP contribution >= 0.6 is 24.0 Å². The molecule has 1 saturated heterocycles. The first-order chi connectivity index (χ1) is 11.0. The first-order valence-corrected chi connectivity index (χ1v) is 9.29. The highest BCUT2D eigenvalue weighted by Crippen LogP contribution is 2.18. The number of morpholine rings is 1. The molecular weight excluding hydrogens is 476 g/mol. The van der Waals surface area contributed by atoms with Crippen LogP contribution in [0.15, 0.2) is 4.99 Å². The van der Waals surface area contributed by atoms with Gasteiger partial charge < -0.3 is 15.4 Å². The van der Waals surface area contributed by atoms with Crippen molar-refractivity contribution in [3.8, 4) is 0 Å². The molecule has 0 bridgehead atoms. The molecule has 0 aromatic heterocycles. The molecule has 7 nitrogen and oxygen atoms in total. The van der Waals surface area contributed by atoms with Crippen LogP contribution in [0, 0.1) is 0 Å². The molecule has 0 aromatic carbocycles. The van der Waals surface area contributed by atoms with E-state index in [-0.39, 0.29) is 61.0 Å². The first-order valence-electron chi connectivity index (χ1n) is 7.68. The average molecular weight is 502 g/mol. The number of alkyl halides is 3. The number of halogens is 4. The largest absolute Gasteiger partial charge is 0.390 e. The summed E-state index contributed by atoms with van der Waals surface area (Å²) in [4.78, 5) is 3.76. The van der Waals surface area contributed by atoms with Crippen molar-refractivity contribution in [1.82, 2.24) is 14.9 Å². The molecule has 150 valence electrons. The topological polar surface area (TPSA) is 83.0 Å². The van der Waals surface area contributed by atoms with E-state index in [9.17, 15) is 21.6 Å². The Hall–Kier alpha value is -0.340. The number of aliphatic imine (C=N–C) groups is 1. The summed E-state index contributed by atoms with van der Waals surface area (Å²) in [7, 11) is -2.06. The Morgan fingerprint density at radius 3 is 2.20 bits per heavy atom. The summed E-state index contributed by atoms with van der Waals surface area (Å²) in [5, 5.41) is 5.20. The van der Waals surface area contributed by atoms with Crippen molar-refractivity contribution in [1.29, 1.82) is 0 Å². The number of hydrogen-bond acceptors (Lipinski definition) is 4. The maximum Gasteiger partial charge on any atom is 0.390 e. The lowest BCUT2D eigenvalue weighted by molar-refractivity contribution is -0.132. The molecule has 1 aliphatic rings. The van der Waals surface area contributed by atoms with E-state index in [4.69, 9.17) is 4.74 Å². The number of rotatable bonds is 6. The summed E-state index contributed by atoms with van der Waals surface area (Å²) in [6.45, 7) is 3.94. The highest BCUT2D eigenvalue weighted by Gasteiger charge is 2.30. The van der Waals surface area contributed by atoms with Gasteiger partial charge in [0.2, 0.25) is 10.0 Å². The molecule has 1 aliphatic heterocycles. The smallest absolute Gasteiger partial charge is 0.373 e. The van der Waals surface area contributed by atoms with Crippen LogP contribution in [0.3, 0.4) is 0 Å². The van der Waals surface area contributed by atoms with Gasteiger partial charge in [-0.05, 0) is 13.8 Å². The maximum atomic E-state index is 12.3. The van der Waals surface area contributed by atoms with E-state index in [1.165, 1.54) is 11.4 Å². The molecule has 0 saturated carbocycles. The Morgan fingerprint density at radius 1 is 1.20 bits per heavy atom. The summed E-state index contributed by atoms with van der Waals surface area (Å²) in [6, 6.07) is 0. The SMILES string of the molecule is CN=C(NCCC(F)(F)F)NCCS(=O)(=O)N1CC(C)OC(C)C1.I. The van der Waals surface area contributed by atoms with Gasteiger partial charge in [-0.2, -0.15) is 17.5 Å². The summed E-state index contributed by atoms with van der Waals surface area (Å²) < 4.78 is 67.8. The van der Waals surface area contributed by atoms with Crippen LogP contribution in [-0.4, -0.2) is 76.0 Å². The minimum atomic E-state index is -4.25. The van der Waals surface area contributed by atoms with E-state index in [2.05, 4.69) is 15.6 Å². The Kier molecular flexibility index (Phi) is 10.6. The zero-order valence-electron chi connectivity index (χ0n) is 14.5. The third kappa shape index (κ3) is 9.80. The molecular formula is C13H26F3IN4O3S. The van der Waals surface area contributed by atoms with Gasteiger partial charge >= 0.3 is 6.18 Å². The second-order valence-corrected chi connectivity index (χ2v) is 7.77. The summed E-state index contributed by atoms with van der Waals surface area (Å²) in [5.41, 5.74) is 0. The molecule has 12 heteroatoms. The minimum absolute atomic E-state index is 0. The molecule has 0 aromatic rings. The fourth-order valence-corrected chi connectivity index (χ4v) is 3.82. The van der Waals surface area contributed by atoms with Gasteiger partial charge in [0.05, 0.1) is 24.4 Å². The summed E-state index contributed by atoms with van der Waals surface area (Å²) in [6.07, 6.45) is -5.59. The van der Waals surface area contributed by atoms with Crippen LogP contribution in [0.4, 0.5) is 13.2 Å². The van der Waals surface area contributed by atoms with Crippen LogP contribution < -0.4 is 10.6 Å². The number of sulfonamides is 1. The third-order valence-electron chi connectivity index (χ3n) is 3.36. The number of nitrogens with zero attached hydrogens (tertiary/aromatic N) is 2. The number of ether oxygens (including phenoxy) is 1. The average Bonchev–Trinajstić information content (AvgIpc) is 2.43. The predicted molar refractivity (Wildman–Crippen MR) is 101 cm³/mol. The van der Waals surface area contributed by atoms with Gasteiger partial charge in [0.25, 0.3) is 0 Å². The second kappa shape index (κ2) is 10.7. The van der Waals surface area contributed by atoms with Crippen molar-refractivity contribution in [3.05, 3.63) is 0 Å². The van der Waals surface area contributed by atoms with Gasteiger partial charge in [-0.15, -0.1) is 24.0 Å². The molecule has 1 fully saturated rings. The zero-order valence-corrected chi connectivity index (χ0v) is 17.6. The summed E-state index contributed by atoms with van der Waals surface area (Å²) >= 11 is 0. The van der Waals surface area contributed by atoms with Crippen LogP contribution in [0.1, 0.15) is 20.3 Å². The molecule has 1 heterocycles. The lowest BCUT2D eigenvalue weighted by Crippen LogP contribution is -2.50. The molecule has 1 rings (SSSR count). The van der Waals surface area contributed by atoms with Crippen molar-refractivity contribution in [2.24, 2.45) is 4.99 Å². The molecule has 0 spiro atoms. The van der Waals surface area contributed by atoms with Gasteiger partial charge in [0.15, 0.2) is 5.96 Å². The quantitative estimate of drug-likeness (QED) is 0.324. The predicted octanol–water partition coefficient (Wildman–Crippen LogP) is 1.16. The summed E-state index contributed by atoms with van der Waals surface area (Å²) in [5.74, 6) is -0.0370. The Bertz CT molecular complexity index is 521. The standard InChI is InChI=1S/C13H25F3N4O3S.HI/c1-10-8-20(9-11(2)23-10)24(21,22)7-6-19-12(17-3)18-5-4-13(14,15)16;/h10-11H,4-9H2,1-3H3,(H2,17,18,19);1H. The Labute approximate surface area is 163 Å². The normalized spacial score (nSPS) is 23.0. The van der Waals surface area contributed by atoms with E-state index < -0.39 is 22.6 Å². The molecule has 0 radical (unpaired) electrons. The second-order valence-electron chi connectivity index (χ2n) is 5.68. The van der Waals surface area contributed by atoms with Crippen LogP contribution in [0.2, 0.25) is 0 Å². The van der Waals surface area contributed by atoms with Crippen molar-refractivity contribution in [2.45, 2.75) is 38.7 Å². The monoisotopic (exact) mass is 502 g/mol. The van der Waals surface area contributed by atoms with Crippen molar-refractivity contribution in [3.63, 3.8) is 0 Å². The van der Waals surface area contributed by atoms with Crippen LogP contribution in [0.5, 0.6) is 0 Å². The van der Waals surface area contributed by atoms with Crippen LogP contribution in [0.25, 0.3) is 0 Å². The van der Waals surface area contributed by atoms with Crippen molar-refractivity contribution < 1.29 is 26.3 Å². The first kappa shape index (κ1) is 24.7. The van der Waals surface area contributed by atoms with E-state index in [0.29, 0.717) is 13.1 Å². The van der Waals surface area contributed by atoms with E-state index in [1.807, 2.05) is 13.8 Å². The van der Waals surface area contributed by atoms with Gasteiger partial charge in [-0.1, -0.05) is 0 Å². The zero-order chi connectivity index (χ0) is 18.4. The van der Waals surface area contributed by atoms with Crippen LogP contribution in [-0.2, 0) is 14.8 Å². The molecule has 2 N–H and O–H groups in total.